The first-order valence-corrected chi connectivity index (χ1v) is 9.93. The molecule has 1 saturated heterocycles. The van der Waals surface area contributed by atoms with E-state index >= 15 is 0 Å². The molecule has 0 N–H and O–H groups in total. The number of aromatic nitrogens is 4. The fourth-order valence-electron chi connectivity index (χ4n) is 3.81. The highest BCUT2D eigenvalue weighted by atomic mass is 16.5. The first-order chi connectivity index (χ1) is 13.8. The number of hydrogen-bond donors (Lipinski definition) is 0. The van der Waals surface area contributed by atoms with Crippen LogP contribution in [-0.2, 0) is 4.79 Å². The van der Waals surface area contributed by atoms with E-state index < -0.39 is 0 Å². The lowest BCUT2D eigenvalue weighted by atomic mass is 10.1. The van der Waals surface area contributed by atoms with Crippen molar-refractivity contribution in [2.45, 2.75) is 38.2 Å². The number of fused-ring (bicyclic) bond motifs is 1. The van der Waals surface area contributed by atoms with Crippen molar-refractivity contribution in [1.82, 2.24) is 24.4 Å². The molecule has 0 radical (unpaired) electrons. The molecular weight excluding hydrogens is 354 g/mol. The number of carbonyl (C=O) groups excluding carboxylic acids is 1. The number of carbonyl (C=O) groups is 1. The Morgan fingerprint density at radius 2 is 1.89 bits per heavy atom. The quantitative estimate of drug-likeness (QED) is 0.683. The summed E-state index contributed by atoms with van der Waals surface area (Å²) in [5.41, 5.74) is 1.73. The van der Waals surface area contributed by atoms with E-state index in [4.69, 9.17) is 4.74 Å². The minimum absolute atomic E-state index is 0.133. The lowest BCUT2D eigenvalue weighted by molar-refractivity contribution is -0.133. The molecule has 0 spiro atoms. The fourth-order valence-corrected chi connectivity index (χ4v) is 3.81. The van der Waals surface area contributed by atoms with Gasteiger partial charge in [0.2, 0.25) is 5.91 Å². The van der Waals surface area contributed by atoms with Crippen LogP contribution < -0.4 is 4.74 Å². The molecule has 7 heteroatoms. The number of rotatable bonds is 5. The lowest BCUT2D eigenvalue weighted by Gasteiger charge is -2.32. The number of piperidine rings is 1. The molecular formula is C21H23N5O2. The second-order valence-electron chi connectivity index (χ2n) is 7.71. The minimum Gasteiger partial charge on any atom is -0.489 e. The predicted octanol–water partition coefficient (Wildman–Crippen LogP) is 2.99. The summed E-state index contributed by atoms with van der Waals surface area (Å²) in [5.74, 6) is 1.74. The Kier molecular flexibility index (Phi) is 4.43. The number of amides is 1. The Bertz CT molecular complexity index is 975. The van der Waals surface area contributed by atoms with Crippen LogP contribution >= 0.6 is 0 Å². The summed E-state index contributed by atoms with van der Waals surface area (Å²) < 4.78 is 8.13. The highest BCUT2D eigenvalue weighted by Crippen LogP contribution is 2.33. The van der Waals surface area contributed by atoms with Gasteiger partial charge in [-0.3, -0.25) is 9.36 Å². The maximum absolute atomic E-state index is 12.2. The first-order valence-electron chi connectivity index (χ1n) is 9.93. The van der Waals surface area contributed by atoms with Gasteiger partial charge >= 0.3 is 0 Å². The molecule has 0 bridgehead atoms. The van der Waals surface area contributed by atoms with Crippen molar-refractivity contribution in [3.8, 4) is 11.4 Å². The highest BCUT2D eigenvalue weighted by molar-refractivity contribution is 5.79. The van der Waals surface area contributed by atoms with Crippen molar-refractivity contribution in [2.24, 2.45) is 5.92 Å². The maximum Gasteiger partial charge on any atom is 0.222 e. The largest absolute Gasteiger partial charge is 0.489 e. The molecule has 3 aromatic rings. The summed E-state index contributed by atoms with van der Waals surface area (Å²) >= 11 is 0. The molecule has 1 aliphatic heterocycles. The average molecular weight is 377 g/mol. The average Bonchev–Trinajstić information content (AvgIpc) is 3.45. The topological polar surface area (TPSA) is 73.1 Å². The molecule has 7 nitrogen and oxygen atoms in total. The van der Waals surface area contributed by atoms with Gasteiger partial charge in [0.15, 0.2) is 0 Å². The summed E-state index contributed by atoms with van der Waals surface area (Å²) in [5, 5.41) is 1.01. The molecule has 2 aliphatic rings. The Morgan fingerprint density at radius 1 is 1.11 bits per heavy atom. The summed E-state index contributed by atoms with van der Waals surface area (Å²) in [4.78, 5) is 27.0. The normalized spacial score (nSPS) is 17.8. The molecule has 0 unspecified atom stereocenters. The molecule has 4 heterocycles. The van der Waals surface area contributed by atoms with Gasteiger partial charge in [-0.05, 0) is 30.9 Å². The van der Waals surface area contributed by atoms with Crippen molar-refractivity contribution in [3.63, 3.8) is 0 Å². The molecule has 3 aromatic heterocycles. The molecule has 0 aromatic carbocycles. The number of hydrogen-bond acceptors (Lipinski definition) is 5. The van der Waals surface area contributed by atoms with Crippen LogP contribution in [0, 0.1) is 5.92 Å². The van der Waals surface area contributed by atoms with Gasteiger partial charge in [0.05, 0.1) is 24.3 Å². The second kappa shape index (κ2) is 7.22. The van der Waals surface area contributed by atoms with Gasteiger partial charge < -0.3 is 9.64 Å². The Balaban J connectivity index is 1.23. The standard InChI is InChI=1S/C21H23N5O2/c27-20(9-15-1-2-15)25-6-4-18(5-7-25)28-19-10-16-3-8-26(21(16)24-13-19)17-11-22-14-23-12-17/h3,8,10-15,18H,1-2,4-7,9H2. The Morgan fingerprint density at radius 3 is 2.64 bits per heavy atom. The number of nitrogens with zero attached hydrogens (tertiary/aromatic N) is 5. The molecule has 0 atom stereocenters. The molecule has 1 amide bonds. The zero-order valence-corrected chi connectivity index (χ0v) is 15.7. The molecule has 2 fully saturated rings. The monoisotopic (exact) mass is 377 g/mol. The second-order valence-corrected chi connectivity index (χ2v) is 7.71. The third kappa shape index (κ3) is 3.56. The van der Waals surface area contributed by atoms with E-state index in [1.807, 2.05) is 27.8 Å². The first kappa shape index (κ1) is 17.2. The van der Waals surface area contributed by atoms with Gasteiger partial charge in [0.25, 0.3) is 0 Å². The van der Waals surface area contributed by atoms with Crippen LogP contribution in [0.4, 0.5) is 0 Å². The van der Waals surface area contributed by atoms with E-state index in [0.717, 1.165) is 54.8 Å². The summed E-state index contributed by atoms with van der Waals surface area (Å²) in [7, 11) is 0. The van der Waals surface area contributed by atoms with Gasteiger partial charge in [-0.1, -0.05) is 0 Å². The van der Waals surface area contributed by atoms with E-state index in [9.17, 15) is 4.79 Å². The van der Waals surface area contributed by atoms with Gasteiger partial charge in [-0.15, -0.1) is 0 Å². The molecule has 1 saturated carbocycles. The molecule has 144 valence electrons. The van der Waals surface area contributed by atoms with Crippen LogP contribution in [0.15, 0.2) is 43.2 Å². The van der Waals surface area contributed by atoms with E-state index in [2.05, 4.69) is 15.0 Å². The minimum atomic E-state index is 0.133. The van der Waals surface area contributed by atoms with Crippen LogP contribution in [0.1, 0.15) is 32.1 Å². The molecule has 28 heavy (non-hydrogen) atoms. The van der Waals surface area contributed by atoms with Crippen molar-refractivity contribution in [1.29, 1.82) is 0 Å². The number of likely N-dealkylation sites (tertiary alicyclic amines) is 1. The van der Waals surface area contributed by atoms with Gasteiger partial charge in [-0.25, -0.2) is 15.0 Å². The van der Waals surface area contributed by atoms with Gasteiger partial charge in [0.1, 0.15) is 23.8 Å². The van der Waals surface area contributed by atoms with Gasteiger partial charge in [-0.2, -0.15) is 0 Å². The van der Waals surface area contributed by atoms with Crippen LogP contribution in [0.3, 0.4) is 0 Å². The number of pyridine rings is 1. The van der Waals surface area contributed by atoms with E-state index in [1.54, 1.807) is 18.6 Å². The van der Waals surface area contributed by atoms with Crippen LogP contribution in [0.2, 0.25) is 0 Å². The van der Waals surface area contributed by atoms with Crippen LogP contribution in [-0.4, -0.2) is 49.5 Å². The third-order valence-corrected chi connectivity index (χ3v) is 5.58. The van der Waals surface area contributed by atoms with E-state index in [1.165, 1.54) is 19.2 Å². The van der Waals surface area contributed by atoms with Crippen molar-refractivity contribution in [2.75, 3.05) is 13.1 Å². The third-order valence-electron chi connectivity index (χ3n) is 5.58. The van der Waals surface area contributed by atoms with Crippen molar-refractivity contribution < 1.29 is 9.53 Å². The van der Waals surface area contributed by atoms with Crippen LogP contribution in [0.5, 0.6) is 5.75 Å². The van der Waals surface area contributed by atoms with E-state index in [0.29, 0.717) is 11.8 Å². The van der Waals surface area contributed by atoms with Crippen molar-refractivity contribution >= 4 is 16.9 Å². The number of ether oxygens (including phenoxy) is 1. The fraction of sp³-hybridized carbons (Fsp3) is 0.429. The smallest absolute Gasteiger partial charge is 0.222 e. The Labute approximate surface area is 163 Å². The maximum atomic E-state index is 12.2. The van der Waals surface area contributed by atoms with Crippen molar-refractivity contribution in [3.05, 3.63) is 43.2 Å². The SMILES string of the molecule is O=C(CC1CC1)N1CCC(Oc2cnc3c(ccn3-c3cncnc3)c2)CC1. The summed E-state index contributed by atoms with van der Waals surface area (Å²) in [6.45, 7) is 1.58. The zero-order chi connectivity index (χ0) is 18.9. The molecule has 5 rings (SSSR count). The van der Waals surface area contributed by atoms with E-state index in [-0.39, 0.29) is 6.10 Å². The van der Waals surface area contributed by atoms with Crippen LogP contribution in [0.25, 0.3) is 16.7 Å². The lowest BCUT2D eigenvalue weighted by Crippen LogP contribution is -2.41. The summed E-state index contributed by atoms with van der Waals surface area (Å²) in [6.07, 6.45) is 13.8. The summed E-state index contributed by atoms with van der Waals surface area (Å²) in [6, 6.07) is 4.04. The van der Waals surface area contributed by atoms with Gasteiger partial charge in [0, 0.05) is 43.9 Å². The highest BCUT2D eigenvalue weighted by Gasteiger charge is 2.29. The molecule has 1 aliphatic carbocycles. The predicted molar refractivity (Wildman–Crippen MR) is 104 cm³/mol. The Hall–Kier alpha value is -2.96. The zero-order valence-electron chi connectivity index (χ0n) is 15.7.